The van der Waals surface area contributed by atoms with Crippen molar-refractivity contribution in [3.63, 3.8) is 0 Å². The number of aromatic hydroxyl groups is 1. The molecule has 1 spiro atoms. The van der Waals surface area contributed by atoms with E-state index in [1.807, 2.05) is 42.3 Å². The molecule has 1 unspecified atom stereocenters. The second-order valence-corrected chi connectivity index (χ2v) is 9.92. The molecule has 1 saturated heterocycles. The molecule has 2 heterocycles. The Morgan fingerprint density at radius 1 is 1.32 bits per heavy atom. The highest BCUT2D eigenvalue weighted by Gasteiger charge is 2.70. The van der Waals surface area contributed by atoms with Crippen LogP contribution in [0.4, 0.5) is 10.7 Å². The van der Waals surface area contributed by atoms with Gasteiger partial charge in [-0.1, -0.05) is 25.1 Å². The lowest BCUT2D eigenvalue weighted by Gasteiger charge is -2.55. The summed E-state index contributed by atoms with van der Waals surface area (Å²) < 4.78 is 0. The van der Waals surface area contributed by atoms with Crippen molar-refractivity contribution in [3.05, 3.63) is 53.6 Å². The van der Waals surface area contributed by atoms with E-state index in [9.17, 15) is 9.90 Å². The number of aromatic nitrogens is 2. The predicted octanol–water partition coefficient (Wildman–Crippen LogP) is 3.32. The standard InChI is InChI=1S/C24H27N5O2/c1-23-12-24(11-14-8-9-15(30)10-16(14)23)13-28(2)20(24)19(23)29(3)22(31)27-21-25-17-6-4-5-7-18(17)26-21/h4-10,19-20,30H,11-13H2,1-3H3,(H2,25,26,27,31)/t19-,20-,23+,24?/m0/s1. The first-order valence-corrected chi connectivity index (χ1v) is 10.8. The van der Waals surface area contributed by atoms with Gasteiger partial charge in [-0.2, -0.15) is 0 Å². The summed E-state index contributed by atoms with van der Waals surface area (Å²) in [6.45, 7) is 3.30. The van der Waals surface area contributed by atoms with E-state index in [2.05, 4.69) is 40.2 Å². The minimum Gasteiger partial charge on any atom is -0.508 e. The van der Waals surface area contributed by atoms with Gasteiger partial charge in [0.25, 0.3) is 0 Å². The number of likely N-dealkylation sites (N-methyl/N-ethyl adjacent to an activating group) is 2. The largest absolute Gasteiger partial charge is 0.508 e. The van der Waals surface area contributed by atoms with E-state index in [1.54, 1.807) is 6.07 Å². The van der Waals surface area contributed by atoms with Crippen molar-refractivity contribution < 1.29 is 9.90 Å². The number of aromatic amines is 1. The van der Waals surface area contributed by atoms with Crippen molar-refractivity contribution in [3.8, 4) is 5.75 Å². The number of anilines is 1. The van der Waals surface area contributed by atoms with Gasteiger partial charge < -0.3 is 19.9 Å². The number of hydrogen-bond acceptors (Lipinski definition) is 4. The number of fused-ring (bicyclic) bond motifs is 4. The maximum Gasteiger partial charge on any atom is 0.324 e. The van der Waals surface area contributed by atoms with Gasteiger partial charge in [0, 0.05) is 30.5 Å². The van der Waals surface area contributed by atoms with E-state index in [4.69, 9.17) is 0 Å². The monoisotopic (exact) mass is 417 g/mol. The number of hydrogen-bond donors (Lipinski definition) is 3. The van der Waals surface area contributed by atoms with E-state index in [0.29, 0.717) is 12.0 Å². The van der Waals surface area contributed by atoms with Crippen LogP contribution in [-0.4, -0.2) is 63.6 Å². The summed E-state index contributed by atoms with van der Waals surface area (Å²) in [5, 5.41) is 13.2. The Morgan fingerprint density at radius 3 is 2.90 bits per heavy atom. The van der Waals surface area contributed by atoms with Crippen molar-refractivity contribution in [2.45, 2.75) is 37.3 Å². The highest BCUT2D eigenvalue weighted by molar-refractivity contribution is 5.90. The number of benzene rings is 2. The number of phenols is 1. The average molecular weight is 418 g/mol. The number of nitrogens with one attached hydrogen (secondary N) is 2. The number of carbonyl (C=O) groups is 1. The molecule has 31 heavy (non-hydrogen) atoms. The number of amides is 2. The van der Waals surface area contributed by atoms with Gasteiger partial charge in [-0.25, -0.2) is 9.78 Å². The third kappa shape index (κ3) is 2.44. The summed E-state index contributed by atoms with van der Waals surface area (Å²) in [6.07, 6.45) is 2.03. The molecule has 3 aromatic rings. The summed E-state index contributed by atoms with van der Waals surface area (Å²) in [7, 11) is 4.04. The molecule has 3 N–H and O–H groups in total. The number of rotatable bonds is 2. The minimum atomic E-state index is -0.221. The van der Waals surface area contributed by atoms with Crippen LogP contribution in [0.2, 0.25) is 0 Å². The fraction of sp³-hybridized carbons (Fsp3) is 0.417. The molecule has 0 radical (unpaired) electrons. The van der Waals surface area contributed by atoms with Gasteiger partial charge in [-0.3, -0.25) is 5.32 Å². The predicted molar refractivity (Wildman–Crippen MR) is 119 cm³/mol. The molecule has 4 atom stereocenters. The molecule has 2 fully saturated rings. The topological polar surface area (TPSA) is 84.5 Å². The van der Waals surface area contributed by atoms with Crippen molar-refractivity contribution in [2.24, 2.45) is 5.41 Å². The van der Waals surface area contributed by atoms with E-state index in [0.717, 1.165) is 30.4 Å². The van der Waals surface area contributed by atoms with Gasteiger partial charge in [0.15, 0.2) is 0 Å². The number of carbonyl (C=O) groups excluding carboxylic acids is 1. The number of imidazole rings is 1. The summed E-state index contributed by atoms with van der Waals surface area (Å²) in [5.74, 6) is 0.746. The Kier molecular flexibility index (Phi) is 3.62. The van der Waals surface area contributed by atoms with Gasteiger partial charge in [0.1, 0.15) is 5.75 Å². The molecule has 3 aliphatic rings. The zero-order valence-corrected chi connectivity index (χ0v) is 18.0. The minimum absolute atomic E-state index is 0.00122. The molecule has 7 nitrogen and oxygen atoms in total. The Hall–Kier alpha value is -3.06. The first kappa shape index (κ1) is 18.7. The van der Waals surface area contributed by atoms with Gasteiger partial charge in [-0.05, 0) is 55.3 Å². The number of para-hydroxylation sites is 2. The van der Waals surface area contributed by atoms with Crippen LogP contribution in [0.1, 0.15) is 24.5 Å². The van der Waals surface area contributed by atoms with Crippen LogP contribution in [0.5, 0.6) is 5.75 Å². The molecule has 2 amide bonds. The molecule has 1 saturated carbocycles. The summed E-state index contributed by atoms with van der Waals surface area (Å²) in [6, 6.07) is 13.6. The first-order valence-electron chi connectivity index (χ1n) is 10.8. The number of urea groups is 1. The van der Waals surface area contributed by atoms with Gasteiger partial charge in [-0.15, -0.1) is 0 Å². The molecule has 2 aromatic carbocycles. The first-order chi connectivity index (χ1) is 14.8. The highest BCUT2D eigenvalue weighted by Crippen LogP contribution is 2.64. The van der Waals surface area contributed by atoms with Crippen LogP contribution >= 0.6 is 0 Å². The van der Waals surface area contributed by atoms with E-state index in [1.165, 1.54) is 11.1 Å². The second-order valence-electron chi connectivity index (χ2n) is 9.92. The fourth-order valence-corrected chi connectivity index (χ4v) is 7.04. The lowest BCUT2D eigenvalue weighted by molar-refractivity contribution is -0.0523. The number of nitrogens with zero attached hydrogens (tertiary/aromatic N) is 3. The summed E-state index contributed by atoms with van der Waals surface area (Å²) >= 11 is 0. The Bertz CT molecular complexity index is 1190. The van der Waals surface area contributed by atoms with E-state index in [-0.39, 0.29) is 28.7 Å². The smallest absolute Gasteiger partial charge is 0.324 e. The second kappa shape index (κ2) is 6.01. The van der Waals surface area contributed by atoms with Gasteiger partial charge in [0.05, 0.1) is 17.1 Å². The fourth-order valence-electron chi connectivity index (χ4n) is 7.04. The van der Waals surface area contributed by atoms with Crippen molar-refractivity contribution in [2.75, 3.05) is 26.0 Å². The molecule has 2 aliphatic carbocycles. The third-order valence-corrected chi connectivity index (χ3v) is 7.94. The molecule has 1 aliphatic heterocycles. The molecular formula is C24H27N5O2. The lowest BCUT2D eigenvalue weighted by Crippen LogP contribution is -2.67. The molecular weight excluding hydrogens is 390 g/mol. The van der Waals surface area contributed by atoms with Gasteiger partial charge in [0.2, 0.25) is 5.95 Å². The van der Waals surface area contributed by atoms with Crippen LogP contribution < -0.4 is 5.32 Å². The molecule has 1 aromatic heterocycles. The Balaban J connectivity index is 1.36. The average Bonchev–Trinajstić information content (AvgIpc) is 3.20. The Labute approximate surface area is 181 Å². The van der Waals surface area contributed by atoms with Crippen molar-refractivity contribution in [1.29, 1.82) is 0 Å². The molecule has 2 bridgehead atoms. The zero-order chi connectivity index (χ0) is 21.5. The van der Waals surface area contributed by atoms with Crippen LogP contribution in [0.15, 0.2) is 42.5 Å². The summed E-state index contributed by atoms with van der Waals surface area (Å²) in [5.41, 5.74) is 4.17. The van der Waals surface area contributed by atoms with Crippen molar-refractivity contribution in [1.82, 2.24) is 19.8 Å². The maximum atomic E-state index is 13.4. The van der Waals surface area contributed by atoms with Crippen molar-refractivity contribution >= 4 is 23.0 Å². The molecule has 160 valence electrons. The third-order valence-electron chi connectivity index (χ3n) is 7.94. The SMILES string of the molecule is CN1CC23Cc4ccc(O)cc4[C@@](C)(C2)[C@@H](N(C)C(=O)Nc2nc4ccccc4[nH]2)[C@H]13. The van der Waals surface area contributed by atoms with E-state index >= 15 is 0 Å². The van der Waals surface area contributed by atoms with E-state index < -0.39 is 0 Å². The Morgan fingerprint density at radius 2 is 2.13 bits per heavy atom. The zero-order valence-electron chi connectivity index (χ0n) is 18.0. The molecule has 7 heteroatoms. The van der Waals surface area contributed by atoms with Crippen LogP contribution in [-0.2, 0) is 11.8 Å². The highest BCUT2D eigenvalue weighted by atomic mass is 16.3. The van der Waals surface area contributed by atoms with Crippen LogP contribution in [0.3, 0.4) is 0 Å². The molecule has 6 rings (SSSR count). The van der Waals surface area contributed by atoms with Gasteiger partial charge >= 0.3 is 6.03 Å². The number of phenolic OH excluding ortho intramolecular Hbond substituents is 1. The summed E-state index contributed by atoms with van der Waals surface area (Å²) in [4.78, 5) is 25.3. The number of likely N-dealkylation sites (tertiary alicyclic amines) is 1. The quantitative estimate of drug-likeness (QED) is 0.597. The number of H-pyrrole nitrogens is 1. The normalized spacial score (nSPS) is 31.1. The van der Waals surface area contributed by atoms with Crippen LogP contribution in [0, 0.1) is 5.41 Å². The lowest BCUT2D eigenvalue weighted by atomic mass is 9.63. The van der Waals surface area contributed by atoms with Crippen LogP contribution in [0.25, 0.3) is 11.0 Å². The maximum absolute atomic E-state index is 13.4.